The van der Waals surface area contributed by atoms with Crippen molar-refractivity contribution in [1.82, 2.24) is 15.6 Å². The van der Waals surface area contributed by atoms with Crippen LogP contribution >= 0.6 is 0 Å². The van der Waals surface area contributed by atoms with Gasteiger partial charge in [0.05, 0.1) is 12.0 Å². The Morgan fingerprint density at radius 2 is 1.55 bits per heavy atom. The molecule has 0 bridgehead atoms. The second-order valence-corrected chi connectivity index (χ2v) is 7.37. The van der Waals surface area contributed by atoms with Crippen LogP contribution in [0.5, 0.6) is 5.75 Å². The number of sulfonamides is 1. The Kier molecular flexibility index (Phi) is 6.82. The van der Waals surface area contributed by atoms with E-state index >= 15 is 0 Å². The van der Waals surface area contributed by atoms with Crippen LogP contribution in [-0.4, -0.2) is 40.1 Å². The van der Waals surface area contributed by atoms with Crippen molar-refractivity contribution in [2.45, 2.75) is 11.1 Å². The molecule has 3 N–H and O–H groups in total. The summed E-state index contributed by atoms with van der Waals surface area (Å²) in [4.78, 5) is 23.6. The fourth-order valence-corrected chi connectivity index (χ4v) is 3.13. The number of carbonyl (C=O) groups excluding carboxylic acids is 2. The van der Waals surface area contributed by atoms with Crippen LogP contribution in [0.1, 0.15) is 20.7 Å². The van der Waals surface area contributed by atoms with Gasteiger partial charge in [-0.25, -0.2) is 13.1 Å². The zero-order valence-electron chi connectivity index (χ0n) is 14.9. The van der Waals surface area contributed by atoms with Crippen LogP contribution in [0.25, 0.3) is 0 Å². The molecule has 0 aliphatic rings. The van der Waals surface area contributed by atoms with Crippen LogP contribution in [0.2, 0.25) is 0 Å². The SMILES string of the molecule is COc1ccc(C(=O)NNC(=O)c2cccc(S(=O)(=O)NCC(F)(F)F)c2)cc1. The average molecular weight is 431 g/mol. The fourth-order valence-electron chi connectivity index (χ4n) is 2.06. The molecule has 12 heteroatoms. The number of hydrogen-bond donors (Lipinski definition) is 3. The average Bonchev–Trinajstić information content (AvgIpc) is 2.70. The highest BCUT2D eigenvalue weighted by Crippen LogP contribution is 2.16. The third-order valence-corrected chi connectivity index (χ3v) is 4.91. The zero-order chi connectivity index (χ0) is 21.7. The lowest BCUT2D eigenvalue weighted by Gasteiger charge is -2.11. The number of nitrogens with one attached hydrogen (secondary N) is 3. The van der Waals surface area contributed by atoms with E-state index in [1.54, 1.807) is 12.1 Å². The molecule has 0 heterocycles. The largest absolute Gasteiger partial charge is 0.497 e. The third kappa shape index (κ3) is 6.47. The van der Waals surface area contributed by atoms with Gasteiger partial charge in [-0.05, 0) is 42.5 Å². The Morgan fingerprint density at radius 1 is 0.966 bits per heavy atom. The van der Waals surface area contributed by atoms with Crippen molar-refractivity contribution >= 4 is 21.8 Å². The molecular weight excluding hydrogens is 415 g/mol. The summed E-state index contributed by atoms with van der Waals surface area (Å²) in [6.07, 6.45) is -4.73. The van der Waals surface area contributed by atoms with E-state index in [4.69, 9.17) is 4.74 Å². The minimum absolute atomic E-state index is 0.185. The summed E-state index contributed by atoms with van der Waals surface area (Å²) < 4.78 is 66.9. The molecule has 0 saturated carbocycles. The van der Waals surface area contributed by atoms with Gasteiger partial charge in [-0.2, -0.15) is 13.2 Å². The van der Waals surface area contributed by atoms with Crippen molar-refractivity contribution in [3.63, 3.8) is 0 Å². The second kappa shape index (κ2) is 8.92. The van der Waals surface area contributed by atoms with E-state index in [1.165, 1.54) is 36.1 Å². The van der Waals surface area contributed by atoms with Gasteiger partial charge in [-0.1, -0.05) is 6.07 Å². The minimum atomic E-state index is -4.73. The smallest absolute Gasteiger partial charge is 0.402 e. The van der Waals surface area contributed by atoms with E-state index in [0.717, 1.165) is 12.1 Å². The molecule has 0 aliphatic carbocycles. The van der Waals surface area contributed by atoms with Gasteiger partial charge in [0.15, 0.2) is 0 Å². The number of methoxy groups -OCH3 is 1. The first-order chi connectivity index (χ1) is 13.5. The van der Waals surface area contributed by atoms with E-state index in [2.05, 4.69) is 10.9 Å². The van der Waals surface area contributed by atoms with Crippen LogP contribution in [0, 0.1) is 0 Å². The van der Waals surface area contributed by atoms with Crippen LogP contribution in [0.3, 0.4) is 0 Å². The fraction of sp³-hybridized carbons (Fsp3) is 0.176. The molecule has 0 spiro atoms. The van der Waals surface area contributed by atoms with Gasteiger partial charge < -0.3 is 4.74 Å². The number of halogens is 3. The lowest BCUT2D eigenvalue weighted by atomic mass is 10.2. The molecule has 0 saturated heterocycles. The van der Waals surface area contributed by atoms with E-state index in [-0.39, 0.29) is 11.1 Å². The van der Waals surface area contributed by atoms with E-state index < -0.39 is 39.5 Å². The van der Waals surface area contributed by atoms with E-state index in [0.29, 0.717) is 5.75 Å². The Balaban J connectivity index is 2.04. The van der Waals surface area contributed by atoms with Crippen molar-refractivity contribution in [3.05, 3.63) is 59.7 Å². The molecule has 0 radical (unpaired) electrons. The molecule has 2 aromatic carbocycles. The Hall–Kier alpha value is -3.12. The minimum Gasteiger partial charge on any atom is -0.497 e. The quantitative estimate of drug-likeness (QED) is 0.602. The number of hydrogen-bond acceptors (Lipinski definition) is 5. The summed E-state index contributed by atoms with van der Waals surface area (Å²) in [5.74, 6) is -0.973. The molecule has 0 aromatic heterocycles. The molecular formula is C17H16F3N3O5S. The van der Waals surface area contributed by atoms with Crippen LogP contribution < -0.4 is 20.3 Å². The summed E-state index contributed by atoms with van der Waals surface area (Å²) >= 11 is 0. The maximum absolute atomic E-state index is 12.2. The highest BCUT2D eigenvalue weighted by molar-refractivity contribution is 7.89. The first-order valence-corrected chi connectivity index (χ1v) is 9.41. The van der Waals surface area contributed by atoms with Crippen molar-refractivity contribution < 1.29 is 35.9 Å². The van der Waals surface area contributed by atoms with E-state index in [9.17, 15) is 31.2 Å². The molecule has 0 atom stereocenters. The molecule has 0 aliphatic heterocycles. The molecule has 0 unspecified atom stereocenters. The van der Waals surface area contributed by atoms with Crippen molar-refractivity contribution in [2.24, 2.45) is 0 Å². The highest BCUT2D eigenvalue weighted by atomic mass is 32.2. The van der Waals surface area contributed by atoms with Gasteiger partial charge in [0.1, 0.15) is 12.3 Å². The first kappa shape index (κ1) is 22.2. The van der Waals surface area contributed by atoms with Crippen LogP contribution in [-0.2, 0) is 10.0 Å². The van der Waals surface area contributed by atoms with Gasteiger partial charge in [-0.15, -0.1) is 0 Å². The van der Waals surface area contributed by atoms with Gasteiger partial charge in [0.25, 0.3) is 11.8 Å². The lowest BCUT2D eigenvalue weighted by molar-refractivity contribution is -0.121. The first-order valence-electron chi connectivity index (χ1n) is 7.93. The standard InChI is InChI=1S/C17H16F3N3O5S/c1-28-13-7-5-11(6-8-13)15(24)22-23-16(25)12-3-2-4-14(9-12)29(26,27)21-10-17(18,19)20/h2-9,21H,10H2,1H3,(H,22,24)(H,23,25). The molecule has 2 amide bonds. The predicted octanol–water partition coefficient (Wildman–Crippen LogP) is 1.61. The Bertz CT molecular complexity index is 992. The van der Waals surface area contributed by atoms with Gasteiger partial charge in [0, 0.05) is 11.1 Å². The maximum atomic E-state index is 12.2. The van der Waals surface area contributed by atoms with Crippen LogP contribution in [0.15, 0.2) is 53.4 Å². The summed E-state index contributed by atoms with van der Waals surface area (Å²) in [5, 5.41) is 0. The number of carbonyl (C=O) groups is 2. The van der Waals surface area contributed by atoms with Gasteiger partial charge in [-0.3, -0.25) is 20.4 Å². The molecule has 0 fully saturated rings. The second-order valence-electron chi connectivity index (χ2n) is 5.60. The number of alkyl halides is 3. The van der Waals surface area contributed by atoms with Crippen molar-refractivity contribution in [1.29, 1.82) is 0 Å². The van der Waals surface area contributed by atoms with Crippen molar-refractivity contribution in [3.8, 4) is 5.75 Å². The monoisotopic (exact) mass is 431 g/mol. The zero-order valence-corrected chi connectivity index (χ0v) is 15.7. The summed E-state index contributed by atoms with van der Waals surface area (Å²) in [5.41, 5.74) is 4.28. The number of rotatable bonds is 6. The summed E-state index contributed by atoms with van der Waals surface area (Å²) in [6.45, 7) is -1.75. The lowest BCUT2D eigenvalue weighted by Crippen LogP contribution is -2.41. The normalized spacial score (nSPS) is 11.6. The van der Waals surface area contributed by atoms with Crippen molar-refractivity contribution in [2.75, 3.05) is 13.7 Å². The number of hydrazine groups is 1. The third-order valence-electron chi connectivity index (χ3n) is 3.51. The Labute approximate surface area is 164 Å². The van der Waals surface area contributed by atoms with E-state index in [1.807, 2.05) is 0 Å². The number of benzene rings is 2. The molecule has 156 valence electrons. The topological polar surface area (TPSA) is 114 Å². The molecule has 8 nitrogen and oxygen atoms in total. The summed E-state index contributed by atoms with van der Waals surface area (Å²) in [7, 11) is -3.02. The van der Waals surface area contributed by atoms with Gasteiger partial charge in [0.2, 0.25) is 10.0 Å². The molecule has 2 rings (SSSR count). The number of ether oxygens (including phenoxy) is 1. The highest BCUT2D eigenvalue weighted by Gasteiger charge is 2.30. The number of amides is 2. The predicted molar refractivity (Wildman–Crippen MR) is 95.6 cm³/mol. The maximum Gasteiger partial charge on any atom is 0.402 e. The molecule has 2 aromatic rings. The Morgan fingerprint density at radius 3 is 2.10 bits per heavy atom. The van der Waals surface area contributed by atoms with Crippen LogP contribution in [0.4, 0.5) is 13.2 Å². The summed E-state index contributed by atoms with van der Waals surface area (Å²) in [6, 6.07) is 10.3. The van der Waals surface area contributed by atoms with Gasteiger partial charge >= 0.3 is 6.18 Å². The molecule has 29 heavy (non-hydrogen) atoms.